The maximum absolute atomic E-state index is 11.2. The van der Waals surface area contributed by atoms with Gasteiger partial charge in [-0.15, -0.1) is 0 Å². The molecule has 0 amide bonds. The van der Waals surface area contributed by atoms with Crippen molar-refractivity contribution in [3.63, 3.8) is 0 Å². The third kappa shape index (κ3) is 6.73. The van der Waals surface area contributed by atoms with Crippen LogP contribution in [0.1, 0.15) is 33.6 Å². The Labute approximate surface area is 117 Å². The summed E-state index contributed by atoms with van der Waals surface area (Å²) in [6.07, 6.45) is 5.97. The van der Waals surface area contributed by atoms with E-state index < -0.39 is 0 Å². The number of ether oxygens (including phenoxy) is 1. The highest BCUT2D eigenvalue weighted by atomic mass is 16.5. The SMILES string of the molecule is CCOC(=O)/C=C/CN(CC1CCNCC1)C(C)C. The number of piperidine rings is 1. The van der Waals surface area contributed by atoms with E-state index in [1.807, 2.05) is 13.0 Å². The van der Waals surface area contributed by atoms with Crippen LogP contribution in [0.25, 0.3) is 0 Å². The van der Waals surface area contributed by atoms with E-state index >= 15 is 0 Å². The summed E-state index contributed by atoms with van der Waals surface area (Å²) in [5.41, 5.74) is 0. The van der Waals surface area contributed by atoms with Crippen molar-refractivity contribution >= 4 is 5.97 Å². The summed E-state index contributed by atoms with van der Waals surface area (Å²) in [5.74, 6) is 0.535. The maximum atomic E-state index is 11.2. The molecule has 0 radical (unpaired) electrons. The fraction of sp³-hybridized carbons (Fsp3) is 0.800. The van der Waals surface area contributed by atoms with Crippen molar-refractivity contribution in [2.75, 3.05) is 32.8 Å². The van der Waals surface area contributed by atoms with Gasteiger partial charge < -0.3 is 10.1 Å². The Morgan fingerprint density at radius 3 is 2.68 bits per heavy atom. The van der Waals surface area contributed by atoms with Crippen LogP contribution in [0.5, 0.6) is 0 Å². The van der Waals surface area contributed by atoms with E-state index in [2.05, 4.69) is 24.1 Å². The van der Waals surface area contributed by atoms with Crippen molar-refractivity contribution in [1.29, 1.82) is 0 Å². The molecule has 19 heavy (non-hydrogen) atoms. The molecule has 0 unspecified atom stereocenters. The summed E-state index contributed by atoms with van der Waals surface area (Å²) in [6, 6.07) is 0.502. The summed E-state index contributed by atoms with van der Waals surface area (Å²) >= 11 is 0. The number of esters is 1. The Bertz CT molecular complexity index is 284. The van der Waals surface area contributed by atoms with Crippen molar-refractivity contribution in [2.24, 2.45) is 5.92 Å². The van der Waals surface area contributed by atoms with E-state index in [4.69, 9.17) is 4.74 Å². The second kappa shape index (κ2) is 9.10. The van der Waals surface area contributed by atoms with Gasteiger partial charge in [0.05, 0.1) is 6.61 Å². The summed E-state index contributed by atoms with van der Waals surface area (Å²) in [4.78, 5) is 13.7. The molecule has 1 heterocycles. The molecule has 0 aromatic heterocycles. The average molecular weight is 268 g/mol. The number of nitrogens with zero attached hydrogens (tertiary/aromatic N) is 1. The van der Waals surface area contributed by atoms with Crippen LogP contribution in [0.2, 0.25) is 0 Å². The third-order valence-electron chi connectivity index (χ3n) is 3.56. The van der Waals surface area contributed by atoms with Crippen molar-refractivity contribution in [2.45, 2.75) is 39.7 Å². The third-order valence-corrected chi connectivity index (χ3v) is 3.56. The standard InChI is InChI=1S/C15H28N2O2/c1-4-19-15(18)6-5-11-17(13(2)3)12-14-7-9-16-10-8-14/h5-6,13-14,16H,4,7-12H2,1-3H3/b6-5+. The minimum absolute atomic E-state index is 0.243. The molecular formula is C15H28N2O2. The zero-order valence-electron chi connectivity index (χ0n) is 12.5. The molecule has 0 spiro atoms. The van der Waals surface area contributed by atoms with Crippen molar-refractivity contribution in [3.8, 4) is 0 Å². The van der Waals surface area contributed by atoms with Crippen LogP contribution < -0.4 is 5.32 Å². The van der Waals surface area contributed by atoms with E-state index in [-0.39, 0.29) is 5.97 Å². The van der Waals surface area contributed by atoms with Crippen molar-refractivity contribution in [3.05, 3.63) is 12.2 Å². The van der Waals surface area contributed by atoms with Crippen molar-refractivity contribution < 1.29 is 9.53 Å². The number of hydrogen-bond donors (Lipinski definition) is 1. The Hall–Kier alpha value is -0.870. The molecule has 1 rings (SSSR count). The Morgan fingerprint density at radius 2 is 2.11 bits per heavy atom. The van der Waals surface area contributed by atoms with Gasteiger partial charge in [0.1, 0.15) is 0 Å². The monoisotopic (exact) mass is 268 g/mol. The summed E-state index contributed by atoms with van der Waals surface area (Å²) < 4.78 is 4.88. The summed E-state index contributed by atoms with van der Waals surface area (Å²) in [5, 5.41) is 3.40. The van der Waals surface area contributed by atoms with Gasteiger partial charge in [-0.2, -0.15) is 0 Å². The molecule has 4 heteroatoms. The minimum atomic E-state index is -0.243. The second-order valence-corrected chi connectivity index (χ2v) is 5.40. The molecule has 0 aliphatic carbocycles. The van der Waals surface area contributed by atoms with Gasteiger partial charge in [-0.25, -0.2) is 4.79 Å². The van der Waals surface area contributed by atoms with Crippen molar-refractivity contribution in [1.82, 2.24) is 10.2 Å². The number of rotatable bonds is 7. The Morgan fingerprint density at radius 1 is 1.42 bits per heavy atom. The van der Waals surface area contributed by atoms with E-state index in [9.17, 15) is 4.79 Å². The van der Waals surface area contributed by atoms with Gasteiger partial charge in [0.15, 0.2) is 0 Å². The highest BCUT2D eigenvalue weighted by Crippen LogP contribution is 2.15. The average Bonchev–Trinajstić information content (AvgIpc) is 2.39. The lowest BCUT2D eigenvalue weighted by Gasteiger charge is -2.32. The smallest absolute Gasteiger partial charge is 0.330 e. The molecule has 1 fully saturated rings. The molecule has 1 N–H and O–H groups in total. The molecule has 1 saturated heterocycles. The van der Waals surface area contributed by atoms with Gasteiger partial charge in [-0.1, -0.05) is 6.08 Å². The molecule has 110 valence electrons. The number of carbonyl (C=O) groups is 1. The van der Waals surface area contributed by atoms with Crippen LogP contribution in [0.3, 0.4) is 0 Å². The number of carbonyl (C=O) groups excluding carboxylic acids is 1. The fourth-order valence-corrected chi connectivity index (χ4v) is 2.37. The lowest BCUT2D eigenvalue weighted by molar-refractivity contribution is -0.137. The maximum Gasteiger partial charge on any atom is 0.330 e. The van der Waals surface area contributed by atoms with E-state index in [1.54, 1.807) is 6.08 Å². The predicted molar refractivity (Wildman–Crippen MR) is 78.1 cm³/mol. The van der Waals surface area contributed by atoms with E-state index in [0.29, 0.717) is 12.6 Å². The van der Waals surface area contributed by atoms with Crippen LogP contribution in [0.15, 0.2) is 12.2 Å². The molecule has 0 saturated carbocycles. The Kier molecular flexibility index (Phi) is 7.75. The van der Waals surface area contributed by atoms with Gasteiger partial charge in [-0.3, -0.25) is 4.90 Å². The summed E-state index contributed by atoms with van der Waals surface area (Å²) in [7, 11) is 0. The number of hydrogen-bond acceptors (Lipinski definition) is 4. The van der Waals surface area contributed by atoms with Gasteiger partial charge >= 0.3 is 5.97 Å². The molecule has 1 aliphatic heterocycles. The summed E-state index contributed by atoms with van der Waals surface area (Å²) in [6.45, 7) is 10.9. The Balaban J connectivity index is 2.37. The predicted octanol–water partition coefficient (Wildman–Crippen LogP) is 1.82. The largest absolute Gasteiger partial charge is 0.463 e. The van der Waals surface area contributed by atoms with Crippen LogP contribution >= 0.6 is 0 Å². The second-order valence-electron chi connectivity index (χ2n) is 5.40. The first-order chi connectivity index (χ1) is 9.13. The van der Waals surface area contributed by atoms with E-state index in [1.165, 1.54) is 12.8 Å². The lowest BCUT2D eigenvalue weighted by Crippen LogP contribution is -2.39. The molecule has 0 atom stereocenters. The first-order valence-electron chi connectivity index (χ1n) is 7.41. The molecule has 0 aromatic rings. The molecule has 1 aliphatic rings. The van der Waals surface area contributed by atoms with Crippen LogP contribution in [0, 0.1) is 5.92 Å². The molecule has 4 nitrogen and oxygen atoms in total. The van der Waals surface area contributed by atoms with Gasteiger partial charge in [0.2, 0.25) is 0 Å². The quantitative estimate of drug-likeness (QED) is 0.565. The van der Waals surface area contributed by atoms with Crippen LogP contribution in [-0.2, 0) is 9.53 Å². The normalized spacial score (nSPS) is 17.5. The molecular weight excluding hydrogens is 240 g/mol. The molecule has 0 bridgehead atoms. The van der Waals surface area contributed by atoms with Crippen LogP contribution in [-0.4, -0.2) is 49.7 Å². The fourth-order valence-electron chi connectivity index (χ4n) is 2.37. The van der Waals surface area contributed by atoms with Gasteiger partial charge in [0.25, 0.3) is 0 Å². The first kappa shape index (κ1) is 16.2. The first-order valence-corrected chi connectivity index (χ1v) is 7.41. The minimum Gasteiger partial charge on any atom is -0.463 e. The highest BCUT2D eigenvalue weighted by Gasteiger charge is 2.17. The lowest BCUT2D eigenvalue weighted by atomic mass is 9.97. The van der Waals surface area contributed by atoms with Gasteiger partial charge in [0, 0.05) is 25.2 Å². The zero-order valence-corrected chi connectivity index (χ0v) is 12.5. The highest BCUT2D eigenvalue weighted by molar-refractivity contribution is 5.81. The zero-order chi connectivity index (χ0) is 14.1. The van der Waals surface area contributed by atoms with Gasteiger partial charge in [-0.05, 0) is 52.6 Å². The van der Waals surface area contributed by atoms with Crippen LogP contribution in [0.4, 0.5) is 0 Å². The number of nitrogens with one attached hydrogen (secondary N) is 1. The van der Waals surface area contributed by atoms with E-state index in [0.717, 1.165) is 32.1 Å². The topological polar surface area (TPSA) is 41.6 Å². The molecule has 0 aromatic carbocycles.